The first kappa shape index (κ1) is 15.0. The Kier molecular flexibility index (Phi) is 6.45. The fourth-order valence-electron chi connectivity index (χ4n) is 1.64. The van der Waals surface area contributed by atoms with Gasteiger partial charge in [0, 0.05) is 19.8 Å². The summed E-state index contributed by atoms with van der Waals surface area (Å²) < 4.78 is 0. The van der Waals surface area contributed by atoms with Crippen molar-refractivity contribution in [3.05, 3.63) is 65.7 Å². The highest BCUT2D eigenvalue weighted by Gasteiger charge is 1.93. The van der Waals surface area contributed by atoms with Crippen LogP contribution in [0.15, 0.2) is 54.6 Å². The van der Waals surface area contributed by atoms with Gasteiger partial charge in [-0.15, -0.1) is 0 Å². The van der Waals surface area contributed by atoms with Crippen LogP contribution in [0.25, 0.3) is 12.2 Å². The van der Waals surface area contributed by atoms with Gasteiger partial charge in [-0.25, -0.2) is 0 Å². The molecular formula is C18H23N. The molecule has 2 aromatic rings. The average Bonchev–Trinajstić information content (AvgIpc) is 2.49. The monoisotopic (exact) mass is 253 g/mol. The Bertz CT molecular complexity index is 481. The first-order chi connectivity index (χ1) is 9.25. The van der Waals surface area contributed by atoms with Gasteiger partial charge < -0.3 is 4.90 Å². The van der Waals surface area contributed by atoms with E-state index in [1.54, 1.807) is 0 Å². The van der Waals surface area contributed by atoms with Crippen molar-refractivity contribution in [2.75, 3.05) is 19.0 Å². The van der Waals surface area contributed by atoms with Crippen molar-refractivity contribution in [1.29, 1.82) is 0 Å². The third-order valence-corrected chi connectivity index (χ3v) is 2.68. The van der Waals surface area contributed by atoms with E-state index in [4.69, 9.17) is 0 Å². The fourth-order valence-corrected chi connectivity index (χ4v) is 1.64. The second-order valence-corrected chi connectivity index (χ2v) is 4.23. The molecule has 0 heterocycles. The first-order valence-corrected chi connectivity index (χ1v) is 6.76. The quantitative estimate of drug-likeness (QED) is 0.700. The number of hydrogen-bond donors (Lipinski definition) is 0. The van der Waals surface area contributed by atoms with E-state index in [1.807, 2.05) is 19.9 Å². The van der Waals surface area contributed by atoms with Crippen molar-refractivity contribution < 1.29 is 0 Å². The molecule has 0 aliphatic rings. The Hall–Kier alpha value is -2.02. The zero-order valence-electron chi connectivity index (χ0n) is 12.3. The van der Waals surface area contributed by atoms with E-state index in [9.17, 15) is 0 Å². The minimum absolute atomic E-state index is 1.22. The largest absolute Gasteiger partial charge is 0.378 e. The van der Waals surface area contributed by atoms with E-state index in [0.29, 0.717) is 0 Å². The van der Waals surface area contributed by atoms with Gasteiger partial charge in [0.25, 0.3) is 0 Å². The minimum Gasteiger partial charge on any atom is -0.378 e. The van der Waals surface area contributed by atoms with E-state index in [2.05, 4.69) is 79.7 Å². The Balaban J connectivity index is 0.000000861. The topological polar surface area (TPSA) is 3.24 Å². The zero-order valence-corrected chi connectivity index (χ0v) is 12.3. The second kappa shape index (κ2) is 8.15. The number of benzene rings is 2. The zero-order chi connectivity index (χ0) is 14.1. The standard InChI is InChI=1S/C16H17N.C2H6/c1-17(2)16-12-10-15(11-13-16)9-8-14-6-4-3-5-7-14;1-2/h3-13H,1-2H3;1-2H3/b9-8+;. The molecule has 19 heavy (non-hydrogen) atoms. The maximum Gasteiger partial charge on any atom is 0.0361 e. The van der Waals surface area contributed by atoms with Gasteiger partial charge in [0.15, 0.2) is 0 Å². The summed E-state index contributed by atoms with van der Waals surface area (Å²) in [6, 6.07) is 18.9. The van der Waals surface area contributed by atoms with Crippen LogP contribution in [0.1, 0.15) is 25.0 Å². The van der Waals surface area contributed by atoms with Gasteiger partial charge >= 0.3 is 0 Å². The summed E-state index contributed by atoms with van der Waals surface area (Å²) in [6.45, 7) is 4.00. The van der Waals surface area contributed by atoms with Crippen LogP contribution < -0.4 is 4.90 Å². The molecule has 0 amide bonds. The molecule has 1 heteroatoms. The minimum atomic E-state index is 1.22. The van der Waals surface area contributed by atoms with Gasteiger partial charge in [-0.3, -0.25) is 0 Å². The molecule has 0 spiro atoms. The first-order valence-electron chi connectivity index (χ1n) is 6.76. The van der Waals surface area contributed by atoms with Gasteiger partial charge in [-0.1, -0.05) is 68.5 Å². The Labute approximate surface area is 117 Å². The molecule has 2 aromatic carbocycles. The van der Waals surface area contributed by atoms with Crippen molar-refractivity contribution >= 4 is 17.8 Å². The molecular weight excluding hydrogens is 230 g/mol. The molecule has 0 atom stereocenters. The average molecular weight is 253 g/mol. The molecule has 0 unspecified atom stereocenters. The summed E-state index contributed by atoms with van der Waals surface area (Å²) in [5.74, 6) is 0. The van der Waals surface area contributed by atoms with Crippen LogP contribution >= 0.6 is 0 Å². The van der Waals surface area contributed by atoms with Gasteiger partial charge in [0.05, 0.1) is 0 Å². The summed E-state index contributed by atoms with van der Waals surface area (Å²) in [5.41, 5.74) is 3.67. The van der Waals surface area contributed by atoms with Crippen LogP contribution in [-0.4, -0.2) is 14.1 Å². The molecule has 0 N–H and O–H groups in total. The van der Waals surface area contributed by atoms with Crippen LogP contribution in [0, 0.1) is 0 Å². The highest BCUT2D eigenvalue weighted by Crippen LogP contribution is 2.14. The third kappa shape index (κ3) is 5.01. The van der Waals surface area contributed by atoms with Crippen LogP contribution in [0.3, 0.4) is 0 Å². The lowest BCUT2D eigenvalue weighted by Crippen LogP contribution is -2.07. The third-order valence-electron chi connectivity index (χ3n) is 2.68. The lowest BCUT2D eigenvalue weighted by Gasteiger charge is -2.11. The molecule has 0 saturated heterocycles. The lowest BCUT2D eigenvalue weighted by molar-refractivity contribution is 1.13. The van der Waals surface area contributed by atoms with Crippen LogP contribution in [0.4, 0.5) is 5.69 Å². The van der Waals surface area contributed by atoms with E-state index in [-0.39, 0.29) is 0 Å². The SMILES string of the molecule is CC.CN(C)c1ccc(/C=C/c2ccccc2)cc1. The molecule has 2 rings (SSSR count). The second-order valence-electron chi connectivity index (χ2n) is 4.23. The molecule has 0 bridgehead atoms. The van der Waals surface area contributed by atoms with Crippen molar-refractivity contribution in [2.24, 2.45) is 0 Å². The molecule has 100 valence electrons. The number of rotatable bonds is 3. The van der Waals surface area contributed by atoms with E-state index in [1.165, 1.54) is 16.8 Å². The van der Waals surface area contributed by atoms with Gasteiger partial charge in [0.1, 0.15) is 0 Å². The molecule has 1 nitrogen and oxygen atoms in total. The van der Waals surface area contributed by atoms with E-state index >= 15 is 0 Å². The smallest absolute Gasteiger partial charge is 0.0361 e. The molecule has 0 fully saturated rings. The lowest BCUT2D eigenvalue weighted by atomic mass is 10.1. The van der Waals surface area contributed by atoms with Crippen molar-refractivity contribution in [3.8, 4) is 0 Å². The maximum atomic E-state index is 2.13. The Morgan fingerprint density at radius 3 is 1.63 bits per heavy atom. The van der Waals surface area contributed by atoms with Crippen LogP contribution in [0.2, 0.25) is 0 Å². The highest BCUT2D eigenvalue weighted by molar-refractivity contribution is 5.70. The number of anilines is 1. The summed E-state index contributed by atoms with van der Waals surface area (Å²) in [5, 5.41) is 0. The van der Waals surface area contributed by atoms with Crippen molar-refractivity contribution in [1.82, 2.24) is 0 Å². The molecule has 0 saturated carbocycles. The molecule has 0 aromatic heterocycles. The van der Waals surface area contributed by atoms with Crippen molar-refractivity contribution in [3.63, 3.8) is 0 Å². The predicted molar refractivity (Wildman–Crippen MR) is 87.5 cm³/mol. The Morgan fingerprint density at radius 2 is 1.16 bits per heavy atom. The fraction of sp³-hybridized carbons (Fsp3) is 0.222. The Morgan fingerprint density at radius 1 is 0.684 bits per heavy atom. The van der Waals surface area contributed by atoms with E-state index < -0.39 is 0 Å². The van der Waals surface area contributed by atoms with Gasteiger partial charge in [-0.05, 0) is 23.3 Å². The van der Waals surface area contributed by atoms with Gasteiger partial charge in [0.2, 0.25) is 0 Å². The number of nitrogens with zero attached hydrogens (tertiary/aromatic N) is 1. The number of hydrogen-bond acceptors (Lipinski definition) is 1. The highest BCUT2D eigenvalue weighted by atomic mass is 15.1. The van der Waals surface area contributed by atoms with Crippen LogP contribution in [0.5, 0.6) is 0 Å². The molecule has 0 aliphatic heterocycles. The summed E-state index contributed by atoms with van der Waals surface area (Å²) in [7, 11) is 4.10. The van der Waals surface area contributed by atoms with Crippen molar-refractivity contribution in [2.45, 2.75) is 13.8 Å². The van der Waals surface area contributed by atoms with Crippen LogP contribution in [-0.2, 0) is 0 Å². The van der Waals surface area contributed by atoms with Gasteiger partial charge in [-0.2, -0.15) is 0 Å². The van der Waals surface area contributed by atoms with E-state index in [0.717, 1.165) is 0 Å². The maximum absolute atomic E-state index is 2.13. The predicted octanol–water partition coefficient (Wildman–Crippen LogP) is 4.95. The summed E-state index contributed by atoms with van der Waals surface area (Å²) in [6.07, 6.45) is 4.26. The molecule has 0 radical (unpaired) electrons. The summed E-state index contributed by atoms with van der Waals surface area (Å²) >= 11 is 0. The normalized spacial score (nSPS) is 9.89. The molecule has 0 aliphatic carbocycles. The summed E-state index contributed by atoms with van der Waals surface area (Å²) in [4.78, 5) is 2.10.